The number of aromatic nitrogens is 8. The first kappa shape index (κ1) is 33.4. The van der Waals surface area contributed by atoms with Gasteiger partial charge in [-0.15, -0.1) is 5.10 Å². The van der Waals surface area contributed by atoms with Crippen molar-refractivity contribution in [2.45, 2.75) is 116 Å². The minimum absolute atomic E-state index is 0.151. The summed E-state index contributed by atoms with van der Waals surface area (Å²) in [5.41, 5.74) is 5.84. The maximum Gasteiger partial charge on any atom is 0.410 e. The third-order valence-electron chi connectivity index (χ3n) is 9.74. The van der Waals surface area contributed by atoms with Crippen LogP contribution in [0.2, 0.25) is 0 Å². The molecule has 1 aromatic carbocycles. The molecular weight excluding hydrogens is 632 g/mol. The molecular formula is C37H46N10O3. The molecule has 0 aliphatic carbocycles. The zero-order valence-corrected chi connectivity index (χ0v) is 30.1. The number of nitrogens with zero attached hydrogens (tertiary/aromatic N) is 9. The molecule has 0 radical (unpaired) electrons. The van der Waals surface area contributed by atoms with E-state index in [4.69, 9.17) is 14.8 Å². The minimum Gasteiger partial charge on any atom is -0.444 e. The monoisotopic (exact) mass is 678 g/mol. The molecule has 13 nitrogen and oxygen atoms in total. The van der Waals surface area contributed by atoms with Crippen molar-refractivity contribution in [3.05, 3.63) is 72.1 Å². The van der Waals surface area contributed by atoms with Crippen LogP contribution in [0.3, 0.4) is 0 Å². The Labute approximate surface area is 292 Å². The number of hydrogen-bond acceptors (Lipinski definition) is 8. The zero-order valence-electron chi connectivity index (χ0n) is 30.1. The Morgan fingerprint density at radius 1 is 0.940 bits per heavy atom. The Hall–Kier alpha value is -5.07. The van der Waals surface area contributed by atoms with E-state index in [0.29, 0.717) is 0 Å². The van der Waals surface area contributed by atoms with Crippen LogP contribution in [0.25, 0.3) is 28.0 Å². The van der Waals surface area contributed by atoms with E-state index in [1.54, 1.807) is 17.1 Å². The summed E-state index contributed by atoms with van der Waals surface area (Å²) >= 11 is 0. The van der Waals surface area contributed by atoms with Gasteiger partial charge >= 0.3 is 6.09 Å². The number of hydrogen-bond donors (Lipinski definition) is 1. The molecule has 5 aromatic rings. The van der Waals surface area contributed by atoms with E-state index in [1.165, 1.54) is 0 Å². The second kappa shape index (κ2) is 12.4. The molecule has 2 saturated heterocycles. The second-order valence-corrected chi connectivity index (χ2v) is 15.7. The quantitative estimate of drug-likeness (QED) is 0.215. The minimum atomic E-state index is -0.515. The number of nitrogens with one attached hydrogen (secondary N) is 1. The van der Waals surface area contributed by atoms with Crippen LogP contribution in [-0.2, 0) is 10.3 Å². The van der Waals surface area contributed by atoms with Crippen LogP contribution in [0.1, 0.15) is 108 Å². The summed E-state index contributed by atoms with van der Waals surface area (Å²) in [6.45, 7) is 15.8. The molecule has 2 amide bonds. The first-order valence-electron chi connectivity index (χ1n) is 17.4. The van der Waals surface area contributed by atoms with Gasteiger partial charge in [0.15, 0.2) is 5.69 Å². The maximum atomic E-state index is 13.0. The number of rotatable bonds is 6. The number of piperidine rings is 1. The normalized spacial score (nSPS) is 19.9. The zero-order chi connectivity index (χ0) is 35.5. The van der Waals surface area contributed by atoms with Crippen LogP contribution in [0.15, 0.2) is 55.2 Å². The summed E-state index contributed by atoms with van der Waals surface area (Å²) in [5, 5.41) is 20.6. The van der Waals surface area contributed by atoms with E-state index in [2.05, 4.69) is 33.0 Å². The van der Waals surface area contributed by atoms with E-state index in [-0.39, 0.29) is 47.4 Å². The van der Waals surface area contributed by atoms with Crippen molar-refractivity contribution in [3.8, 4) is 22.5 Å². The Balaban J connectivity index is 1.10. The highest BCUT2D eigenvalue weighted by Gasteiger charge is 2.45. The highest BCUT2D eigenvalue weighted by Crippen LogP contribution is 2.42. The van der Waals surface area contributed by atoms with Gasteiger partial charge < -0.3 is 15.0 Å². The van der Waals surface area contributed by atoms with Gasteiger partial charge in [0, 0.05) is 29.4 Å². The molecule has 0 saturated carbocycles. The van der Waals surface area contributed by atoms with Crippen molar-refractivity contribution in [2.24, 2.45) is 0 Å². The van der Waals surface area contributed by atoms with Gasteiger partial charge in [0.1, 0.15) is 5.60 Å². The van der Waals surface area contributed by atoms with Crippen LogP contribution in [-0.4, -0.2) is 74.0 Å². The van der Waals surface area contributed by atoms with Crippen molar-refractivity contribution >= 4 is 17.5 Å². The van der Waals surface area contributed by atoms with Crippen molar-refractivity contribution in [3.63, 3.8) is 0 Å². The van der Waals surface area contributed by atoms with Gasteiger partial charge in [-0.25, -0.2) is 19.0 Å². The SMILES string of the molecule is Cc1cc(-c2nc(-c3cnn(C4CC5CCC(C4)N5C(=O)OC(C)(C)C)c3)cn3nccc23)ccc1[C@@H](C)NC(=O)c1cn(C(C)(C)C)nn1. The molecule has 2 aliphatic heterocycles. The van der Waals surface area contributed by atoms with Gasteiger partial charge in [-0.3, -0.25) is 9.48 Å². The predicted octanol–water partition coefficient (Wildman–Crippen LogP) is 6.51. The number of aryl methyl sites for hydroxylation is 1. The number of ether oxygens (including phenoxy) is 1. The standard InChI is InChI=1S/C37H46N10O3/c1-22-15-24(9-12-29(22)23(2)40-34(48)31-21-46(43-42-31)36(3,4)5)33-32-13-14-38-45(32)20-30(41-33)25-18-39-44(19-25)28-16-26-10-11-27(17-28)47(26)35(49)50-37(6,7)8/h9,12-15,18-21,23,26-28H,10-11,16-17H2,1-8H3,(H,40,48)/t23-,26?,27?,28?/m1/s1. The molecule has 13 heteroatoms. The lowest BCUT2D eigenvalue weighted by molar-refractivity contribution is 0.00230. The predicted molar refractivity (Wildman–Crippen MR) is 188 cm³/mol. The lowest BCUT2D eigenvalue weighted by atomic mass is 9.98. The maximum absolute atomic E-state index is 13.0. The highest BCUT2D eigenvalue weighted by atomic mass is 16.6. The summed E-state index contributed by atoms with van der Waals surface area (Å²) < 4.78 is 11.3. The molecule has 50 heavy (non-hydrogen) atoms. The Morgan fingerprint density at radius 2 is 1.68 bits per heavy atom. The molecule has 3 atom stereocenters. The van der Waals surface area contributed by atoms with Gasteiger partial charge in [0.25, 0.3) is 5.91 Å². The van der Waals surface area contributed by atoms with Crippen molar-refractivity contribution in [2.75, 3.05) is 0 Å². The highest BCUT2D eigenvalue weighted by molar-refractivity contribution is 5.92. The van der Waals surface area contributed by atoms with Crippen LogP contribution in [0.4, 0.5) is 4.79 Å². The molecule has 7 rings (SSSR count). The van der Waals surface area contributed by atoms with Crippen LogP contribution < -0.4 is 5.32 Å². The number of carbonyl (C=O) groups is 2. The smallest absolute Gasteiger partial charge is 0.410 e. The summed E-state index contributed by atoms with van der Waals surface area (Å²) in [4.78, 5) is 33.1. The van der Waals surface area contributed by atoms with E-state index in [0.717, 1.165) is 64.8 Å². The van der Waals surface area contributed by atoms with Crippen molar-refractivity contribution in [1.29, 1.82) is 0 Å². The molecule has 262 valence electrons. The first-order chi connectivity index (χ1) is 23.6. The van der Waals surface area contributed by atoms with E-state index in [1.807, 2.05) is 100 Å². The Morgan fingerprint density at radius 3 is 2.34 bits per heavy atom. The summed E-state index contributed by atoms with van der Waals surface area (Å²) in [5.74, 6) is -0.270. The molecule has 2 unspecified atom stereocenters. The van der Waals surface area contributed by atoms with Crippen molar-refractivity contribution in [1.82, 2.24) is 49.6 Å². The van der Waals surface area contributed by atoms with Gasteiger partial charge in [0.2, 0.25) is 0 Å². The summed E-state index contributed by atoms with van der Waals surface area (Å²) in [6, 6.07) is 8.39. The van der Waals surface area contributed by atoms with E-state index in [9.17, 15) is 9.59 Å². The fraction of sp³-hybridized carbons (Fsp3) is 0.486. The van der Waals surface area contributed by atoms with Gasteiger partial charge in [-0.2, -0.15) is 10.2 Å². The summed E-state index contributed by atoms with van der Waals surface area (Å²) in [6.07, 6.45) is 12.8. The molecule has 2 aliphatic rings. The van der Waals surface area contributed by atoms with E-state index >= 15 is 0 Å². The topological polar surface area (TPSA) is 137 Å². The Bertz CT molecular complexity index is 2050. The number of amides is 2. The van der Waals surface area contributed by atoms with Crippen LogP contribution in [0.5, 0.6) is 0 Å². The van der Waals surface area contributed by atoms with Crippen LogP contribution in [0, 0.1) is 6.92 Å². The van der Waals surface area contributed by atoms with Gasteiger partial charge in [-0.05, 0) is 104 Å². The van der Waals surface area contributed by atoms with Gasteiger partial charge in [-0.1, -0.05) is 17.3 Å². The van der Waals surface area contributed by atoms with Crippen molar-refractivity contribution < 1.29 is 14.3 Å². The fourth-order valence-corrected chi connectivity index (χ4v) is 7.28. The fourth-order valence-electron chi connectivity index (χ4n) is 7.28. The van der Waals surface area contributed by atoms with E-state index < -0.39 is 5.60 Å². The number of benzene rings is 1. The second-order valence-electron chi connectivity index (χ2n) is 15.7. The molecule has 0 spiro atoms. The molecule has 6 heterocycles. The third kappa shape index (κ3) is 6.48. The number of carbonyl (C=O) groups excluding carboxylic acids is 2. The summed E-state index contributed by atoms with van der Waals surface area (Å²) in [7, 11) is 0. The van der Waals surface area contributed by atoms with Crippen LogP contribution >= 0.6 is 0 Å². The average molecular weight is 679 g/mol. The lowest BCUT2D eigenvalue weighted by Crippen LogP contribution is -2.48. The molecule has 2 fully saturated rings. The third-order valence-corrected chi connectivity index (χ3v) is 9.74. The Kier molecular flexibility index (Phi) is 8.26. The van der Waals surface area contributed by atoms with Gasteiger partial charge in [0.05, 0.1) is 59.3 Å². The average Bonchev–Trinajstić information content (AvgIpc) is 3.85. The molecule has 4 aromatic heterocycles. The molecule has 2 bridgehead atoms. The number of fused-ring (bicyclic) bond motifs is 3. The lowest BCUT2D eigenvalue weighted by Gasteiger charge is -2.39. The first-order valence-corrected chi connectivity index (χ1v) is 17.4. The largest absolute Gasteiger partial charge is 0.444 e. The molecule has 1 N–H and O–H groups in total.